The maximum Gasteiger partial charge on any atom is 0.273 e. The van der Waals surface area contributed by atoms with Crippen molar-refractivity contribution in [3.8, 4) is 0 Å². The molecule has 1 fully saturated rings. The molecule has 1 amide bonds. The number of carbonyl (C=O) groups is 1. The Morgan fingerprint density at radius 2 is 2.41 bits per heavy atom. The first kappa shape index (κ1) is 12.5. The van der Waals surface area contributed by atoms with Gasteiger partial charge in [-0.25, -0.2) is 4.98 Å². The first-order valence-corrected chi connectivity index (χ1v) is 7.03. The first-order chi connectivity index (χ1) is 8.13. The van der Waals surface area contributed by atoms with Crippen molar-refractivity contribution in [1.29, 1.82) is 0 Å². The number of thiazole rings is 1. The van der Waals surface area contributed by atoms with Crippen LogP contribution in [0.25, 0.3) is 0 Å². The van der Waals surface area contributed by atoms with Crippen LogP contribution in [0.1, 0.15) is 54.6 Å². The first-order valence-electron chi connectivity index (χ1n) is 6.15. The van der Waals surface area contributed by atoms with E-state index in [0.717, 1.165) is 30.8 Å². The lowest BCUT2D eigenvalue weighted by Crippen LogP contribution is -2.34. The summed E-state index contributed by atoms with van der Waals surface area (Å²) < 4.78 is 0. The minimum Gasteiger partial charge on any atom is -0.334 e. The molecule has 1 atom stereocenters. The summed E-state index contributed by atoms with van der Waals surface area (Å²) >= 11 is 1.47. The zero-order chi connectivity index (χ0) is 12.4. The van der Waals surface area contributed by atoms with Crippen molar-refractivity contribution in [2.24, 2.45) is 5.73 Å². The van der Waals surface area contributed by atoms with Crippen molar-refractivity contribution < 1.29 is 4.79 Å². The summed E-state index contributed by atoms with van der Waals surface area (Å²) in [7, 11) is 0. The van der Waals surface area contributed by atoms with Gasteiger partial charge in [0.15, 0.2) is 0 Å². The van der Waals surface area contributed by atoms with Gasteiger partial charge in [-0.1, -0.05) is 6.92 Å². The third kappa shape index (κ3) is 2.84. The van der Waals surface area contributed by atoms with E-state index in [9.17, 15) is 4.79 Å². The number of aromatic nitrogens is 1. The smallest absolute Gasteiger partial charge is 0.273 e. The highest BCUT2D eigenvalue weighted by atomic mass is 32.1. The molecule has 0 bridgehead atoms. The van der Waals surface area contributed by atoms with E-state index >= 15 is 0 Å². The number of nitrogens with zero attached hydrogens (tertiary/aromatic N) is 2. The molecule has 2 N–H and O–H groups in total. The standard InChI is InChI=1S/C12H19N3OS/c1-3-6-15(9-4-5-9)12(16)10-7-17-11(14-10)8(2)13/h7-9H,3-6,13H2,1-2H3. The van der Waals surface area contributed by atoms with E-state index in [2.05, 4.69) is 11.9 Å². The van der Waals surface area contributed by atoms with Gasteiger partial charge in [0.2, 0.25) is 0 Å². The summed E-state index contributed by atoms with van der Waals surface area (Å²) in [5, 5.41) is 2.66. The van der Waals surface area contributed by atoms with E-state index in [0.29, 0.717) is 11.7 Å². The largest absolute Gasteiger partial charge is 0.334 e. The summed E-state index contributed by atoms with van der Waals surface area (Å²) in [5.41, 5.74) is 6.32. The zero-order valence-electron chi connectivity index (χ0n) is 10.3. The van der Waals surface area contributed by atoms with Crippen molar-refractivity contribution in [3.05, 3.63) is 16.1 Å². The number of rotatable bonds is 5. The summed E-state index contributed by atoms with van der Waals surface area (Å²) in [6.07, 6.45) is 3.26. The van der Waals surface area contributed by atoms with Crippen molar-refractivity contribution >= 4 is 17.2 Å². The highest BCUT2D eigenvalue weighted by Gasteiger charge is 2.33. The van der Waals surface area contributed by atoms with Crippen LogP contribution in [0.4, 0.5) is 0 Å². The Hall–Kier alpha value is -0.940. The monoisotopic (exact) mass is 253 g/mol. The zero-order valence-corrected chi connectivity index (χ0v) is 11.2. The normalized spacial score (nSPS) is 16.9. The van der Waals surface area contributed by atoms with Gasteiger partial charge in [0.1, 0.15) is 10.7 Å². The molecule has 2 rings (SSSR count). The van der Waals surface area contributed by atoms with Gasteiger partial charge in [-0.15, -0.1) is 11.3 Å². The van der Waals surface area contributed by atoms with Crippen LogP contribution in [0.2, 0.25) is 0 Å². The number of amides is 1. The molecule has 1 unspecified atom stereocenters. The number of carbonyl (C=O) groups excluding carboxylic acids is 1. The van der Waals surface area contributed by atoms with Crippen LogP contribution in [-0.4, -0.2) is 28.4 Å². The minimum absolute atomic E-state index is 0.0671. The molecule has 0 saturated heterocycles. The van der Waals surface area contributed by atoms with Gasteiger partial charge < -0.3 is 10.6 Å². The maximum absolute atomic E-state index is 12.3. The molecular weight excluding hydrogens is 234 g/mol. The molecule has 1 saturated carbocycles. The van der Waals surface area contributed by atoms with Crippen LogP contribution in [0, 0.1) is 0 Å². The Morgan fingerprint density at radius 3 is 2.88 bits per heavy atom. The average molecular weight is 253 g/mol. The molecule has 0 spiro atoms. The van der Waals surface area contributed by atoms with Crippen LogP contribution >= 0.6 is 11.3 Å². The third-order valence-electron chi connectivity index (χ3n) is 2.84. The Morgan fingerprint density at radius 1 is 1.71 bits per heavy atom. The molecule has 17 heavy (non-hydrogen) atoms. The fourth-order valence-corrected chi connectivity index (χ4v) is 2.57. The van der Waals surface area contributed by atoms with E-state index in [4.69, 9.17) is 5.73 Å². The summed E-state index contributed by atoms with van der Waals surface area (Å²) in [6.45, 7) is 4.81. The fraction of sp³-hybridized carbons (Fsp3) is 0.667. The van der Waals surface area contributed by atoms with E-state index in [1.54, 1.807) is 0 Å². The van der Waals surface area contributed by atoms with Crippen molar-refractivity contribution in [2.45, 2.75) is 45.2 Å². The minimum atomic E-state index is -0.0953. The second-order valence-corrected chi connectivity index (χ2v) is 5.48. The summed E-state index contributed by atoms with van der Waals surface area (Å²) in [6, 6.07) is 0.352. The molecule has 1 aliphatic carbocycles. The predicted molar refractivity (Wildman–Crippen MR) is 69.1 cm³/mol. The number of hydrogen-bond donors (Lipinski definition) is 1. The number of nitrogens with two attached hydrogens (primary N) is 1. The topological polar surface area (TPSA) is 59.2 Å². The molecule has 0 radical (unpaired) electrons. The van der Waals surface area contributed by atoms with Crippen LogP contribution < -0.4 is 5.73 Å². The fourth-order valence-electron chi connectivity index (χ4n) is 1.82. The Balaban J connectivity index is 2.10. The molecule has 94 valence electrons. The molecule has 1 heterocycles. The second kappa shape index (κ2) is 5.14. The van der Waals surface area contributed by atoms with Crippen LogP contribution in [0.5, 0.6) is 0 Å². The van der Waals surface area contributed by atoms with Gasteiger partial charge in [0.05, 0.1) is 6.04 Å². The van der Waals surface area contributed by atoms with E-state index < -0.39 is 0 Å². The van der Waals surface area contributed by atoms with Crippen molar-refractivity contribution in [2.75, 3.05) is 6.54 Å². The van der Waals surface area contributed by atoms with Gasteiger partial charge in [-0.05, 0) is 26.2 Å². The van der Waals surface area contributed by atoms with E-state index in [1.807, 2.05) is 17.2 Å². The third-order valence-corrected chi connectivity index (χ3v) is 3.89. The quantitative estimate of drug-likeness (QED) is 0.875. The van der Waals surface area contributed by atoms with Gasteiger partial charge in [0.25, 0.3) is 5.91 Å². The van der Waals surface area contributed by atoms with Gasteiger partial charge in [-0.3, -0.25) is 4.79 Å². The molecule has 1 aliphatic rings. The lowest BCUT2D eigenvalue weighted by atomic mass is 10.3. The average Bonchev–Trinajstić information content (AvgIpc) is 3.00. The summed E-state index contributed by atoms with van der Waals surface area (Å²) in [5.74, 6) is 0.0671. The molecule has 4 nitrogen and oxygen atoms in total. The molecule has 1 aromatic rings. The van der Waals surface area contributed by atoms with Crippen LogP contribution in [0.3, 0.4) is 0 Å². The van der Waals surface area contributed by atoms with Gasteiger partial charge in [0, 0.05) is 18.0 Å². The second-order valence-electron chi connectivity index (χ2n) is 4.59. The maximum atomic E-state index is 12.3. The predicted octanol–water partition coefficient (Wildman–Crippen LogP) is 2.18. The summed E-state index contributed by atoms with van der Waals surface area (Å²) in [4.78, 5) is 18.6. The lowest BCUT2D eigenvalue weighted by molar-refractivity contribution is 0.0738. The molecule has 1 aromatic heterocycles. The Kier molecular flexibility index (Phi) is 3.79. The van der Waals surface area contributed by atoms with Gasteiger partial charge in [-0.2, -0.15) is 0 Å². The highest BCUT2D eigenvalue weighted by molar-refractivity contribution is 7.09. The molecule has 0 aliphatic heterocycles. The lowest BCUT2D eigenvalue weighted by Gasteiger charge is -2.20. The molecular formula is C12H19N3OS. The van der Waals surface area contributed by atoms with Gasteiger partial charge >= 0.3 is 0 Å². The molecule has 5 heteroatoms. The van der Waals surface area contributed by atoms with E-state index in [1.165, 1.54) is 11.3 Å². The van der Waals surface area contributed by atoms with Crippen molar-refractivity contribution in [3.63, 3.8) is 0 Å². The Bertz CT molecular complexity index is 398. The molecule has 0 aromatic carbocycles. The van der Waals surface area contributed by atoms with E-state index in [-0.39, 0.29) is 11.9 Å². The Labute approximate surface area is 106 Å². The van der Waals surface area contributed by atoms with Crippen molar-refractivity contribution in [1.82, 2.24) is 9.88 Å². The SMILES string of the molecule is CCCN(C(=O)c1csc(C(C)N)n1)C1CC1. The van der Waals surface area contributed by atoms with Crippen LogP contribution in [0.15, 0.2) is 5.38 Å². The highest BCUT2D eigenvalue weighted by Crippen LogP contribution is 2.29. The van der Waals surface area contributed by atoms with Crippen LogP contribution in [-0.2, 0) is 0 Å². The number of hydrogen-bond acceptors (Lipinski definition) is 4.